The summed E-state index contributed by atoms with van der Waals surface area (Å²) >= 11 is 0. The van der Waals surface area contributed by atoms with Crippen molar-refractivity contribution in [1.82, 2.24) is 0 Å². The van der Waals surface area contributed by atoms with E-state index in [1.807, 2.05) is 58.0 Å². The summed E-state index contributed by atoms with van der Waals surface area (Å²) in [5.74, 6) is -0.335. The van der Waals surface area contributed by atoms with Crippen molar-refractivity contribution in [3.05, 3.63) is 42.1 Å². The highest BCUT2D eigenvalue weighted by atomic mass is 16.6. The molecule has 0 atom stereocenters. The van der Waals surface area contributed by atoms with Gasteiger partial charge in [0, 0.05) is 17.5 Å². The summed E-state index contributed by atoms with van der Waals surface area (Å²) in [7, 11) is 0. The van der Waals surface area contributed by atoms with Crippen molar-refractivity contribution in [2.24, 2.45) is 0 Å². The standard InChI is InChI=1S/C14H19NO2/c1-11(10-13(16)17-14(2,3)4)15-12-8-6-5-7-9-12/h5-10,15H,1-4H3/b11-10-. The van der Waals surface area contributed by atoms with Crippen molar-refractivity contribution in [3.8, 4) is 0 Å². The summed E-state index contributed by atoms with van der Waals surface area (Å²) in [5, 5.41) is 3.12. The third-order valence-corrected chi connectivity index (χ3v) is 1.86. The van der Waals surface area contributed by atoms with Gasteiger partial charge >= 0.3 is 5.97 Å². The van der Waals surface area contributed by atoms with Crippen molar-refractivity contribution in [1.29, 1.82) is 0 Å². The number of para-hydroxylation sites is 1. The summed E-state index contributed by atoms with van der Waals surface area (Å²) in [6, 6.07) is 9.68. The van der Waals surface area contributed by atoms with Crippen LogP contribution in [0.4, 0.5) is 5.69 Å². The molecule has 1 aromatic carbocycles. The fraction of sp³-hybridized carbons (Fsp3) is 0.357. The summed E-state index contributed by atoms with van der Waals surface area (Å²) in [5.41, 5.74) is 1.25. The van der Waals surface area contributed by atoms with Crippen molar-refractivity contribution in [3.63, 3.8) is 0 Å². The van der Waals surface area contributed by atoms with Crippen LogP contribution < -0.4 is 5.32 Å². The zero-order chi connectivity index (χ0) is 12.9. The van der Waals surface area contributed by atoms with Crippen LogP contribution in [0.15, 0.2) is 42.1 Å². The van der Waals surface area contributed by atoms with E-state index in [-0.39, 0.29) is 5.97 Å². The first-order valence-corrected chi connectivity index (χ1v) is 5.60. The van der Waals surface area contributed by atoms with Gasteiger partial charge in [-0.2, -0.15) is 0 Å². The van der Waals surface area contributed by atoms with E-state index in [9.17, 15) is 4.79 Å². The van der Waals surface area contributed by atoms with E-state index in [0.717, 1.165) is 11.4 Å². The molecule has 0 aromatic heterocycles. The van der Waals surface area contributed by atoms with Crippen LogP contribution in [0.1, 0.15) is 27.7 Å². The first-order valence-electron chi connectivity index (χ1n) is 5.60. The van der Waals surface area contributed by atoms with Gasteiger partial charge in [0.15, 0.2) is 0 Å². The van der Waals surface area contributed by atoms with Crippen LogP contribution in [0, 0.1) is 0 Å². The van der Waals surface area contributed by atoms with E-state index in [0.29, 0.717) is 0 Å². The Morgan fingerprint density at radius 2 is 1.82 bits per heavy atom. The number of rotatable bonds is 3. The molecule has 0 fully saturated rings. The van der Waals surface area contributed by atoms with Crippen molar-refractivity contribution < 1.29 is 9.53 Å². The lowest BCUT2D eigenvalue weighted by Gasteiger charge is -2.18. The zero-order valence-electron chi connectivity index (χ0n) is 10.8. The minimum atomic E-state index is -0.458. The molecule has 0 aliphatic rings. The second-order valence-corrected chi connectivity index (χ2v) is 4.85. The van der Waals surface area contributed by atoms with Crippen molar-refractivity contribution >= 4 is 11.7 Å². The molecule has 0 aliphatic carbocycles. The van der Waals surface area contributed by atoms with Crippen LogP contribution in [0.25, 0.3) is 0 Å². The Kier molecular flexibility index (Phi) is 4.32. The Morgan fingerprint density at radius 3 is 2.35 bits per heavy atom. The molecule has 0 bridgehead atoms. The van der Waals surface area contributed by atoms with Crippen LogP contribution >= 0.6 is 0 Å². The van der Waals surface area contributed by atoms with Gasteiger partial charge in [-0.15, -0.1) is 0 Å². The van der Waals surface area contributed by atoms with Crippen molar-refractivity contribution in [2.45, 2.75) is 33.3 Å². The Labute approximate surface area is 102 Å². The number of benzene rings is 1. The van der Waals surface area contributed by atoms with E-state index in [1.165, 1.54) is 6.08 Å². The number of ether oxygens (including phenoxy) is 1. The topological polar surface area (TPSA) is 38.3 Å². The second kappa shape index (κ2) is 5.53. The molecular weight excluding hydrogens is 214 g/mol. The minimum absolute atomic E-state index is 0.335. The number of anilines is 1. The minimum Gasteiger partial charge on any atom is -0.457 e. The Balaban J connectivity index is 2.58. The molecule has 0 unspecified atom stereocenters. The predicted molar refractivity (Wildman–Crippen MR) is 69.7 cm³/mol. The van der Waals surface area contributed by atoms with Gasteiger partial charge in [0.1, 0.15) is 5.60 Å². The molecule has 0 heterocycles. The molecule has 0 radical (unpaired) electrons. The normalized spacial score (nSPS) is 12.1. The van der Waals surface area contributed by atoms with Gasteiger partial charge in [0.2, 0.25) is 0 Å². The predicted octanol–water partition coefficient (Wildman–Crippen LogP) is 3.34. The summed E-state index contributed by atoms with van der Waals surface area (Å²) < 4.78 is 5.19. The van der Waals surface area contributed by atoms with Crippen LogP contribution in [-0.2, 0) is 9.53 Å². The monoisotopic (exact) mass is 233 g/mol. The molecular formula is C14H19NO2. The maximum absolute atomic E-state index is 11.5. The van der Waals surface area contributed by atoms with E-state index >= 15 is 0 Å². The summed E-state index contributed by atoms with van der Waals surface area (Å²) in [6.45, 7) is 7.37. The van der Waals surface area contributed by atoms with Gasteiger partial charge in [-0.1, -0.05) is 18.2 Å². The molecule has 1 N–H and O–H groups in total. The van der Waals surface area contributed by atoms with Gasteiger partial charge in [0.05, 0.1) is 0 Å². The number of carbonyl (C=O) groups is 1. The van der Waals surface area contributed by atoms with E-state index in [1.54, 1.807) is 0 Å². The maximum atomic E-state index is 11.5. The van der Waals surface area contributed by atoms with Gasteiger partial charge in [-0.05, 0) is 39.8 Å². The average molecular weight is 233 g/mol. The Bertz CT molecular complexity index is 402. The van der Waals surface area contributed by atoms with E-state index in [4.69, 9.17) is 4.74 Å². The fourth-order valence-electron chi connectivity index (χ4n) is 1.29. The molecule has 3 nitrogen and oxygen atoms in total. The molecule has 0 saturated carbocycles. The average Bonchev–Trinajstić information content (AvgIpc) is 2.15. The highest BCUT2D eigenvalue weighted by molar-refractivity contribution is 5.83. The number of nitrogens with one attached hydrogen (secondary N) is 1. The maximum Gasteiger partial charge on any atom is 0.333 e. The molecule has 0 amide bonds. The van der Waals surface area contributed by atoms with Crippen LogP contribution in [-0.4, -0.2) is 11.6 Å². The molecule has 1 aromatic rings. The number of allylic oxidation sites excluding steroid dienone is 1. The first-order chi connectivity index (χ1) is 7.87. The summed E-state index contributed by atoms with van der Waals surface area (Å²) in [6.07, 6.45) is 1.46. The third-order valence-electron chi connectivity index (χ3n) is 1.86. The van der Waals surface area contributed by atoms with Crippen LogP contribution in [0.5, 0.6) is 0 Å². The Hall–Kier alpha value is -1.77. The summed E-state index contributed by atoms with van der Waals surface area (Å²) in [4.78, 5) is 11.5. The molecule has 3 heteroatoms. The fourth-order valence-corrected chi connectivity index (χ4v) is 1.29. The van der Waals surface area contributed by atoms with Crippen LogP contribution in [0.3, 0.4) is 0 Å². The van der Waals surface area contributed by atoms with E-state index < -0.39 is 5.60 Å². The van der Waals surface area contributed by atoms with Gasteiger partial charge in [-0.25, -0.2) is 4.79 Å². The van der Waals surface area contributed by atoms with Gasteiger partial charge < -0.3 is 10.1 Å². The lowest BCUT2D eigenvalue weighted by Crippen LogP contribution is -2.23. The quantitative estimate of drug-likeness (QED) is 0.642. The lowest BCUT2D eigenvalue weighted by atomic mass is 10.2. The zero-order valence-corrected chi connectivity index (χ0v) is 10.8. The lowest BCUT2D eigenvalue weighted by molar-refractivity contribution is -0.148. The third kappa shape index (κ3) is 5.76. The smallest absolute Gasteiger partial charge is 0.333 e. The molecule has 92 valence electrons. The largest absolute Gasteiger partial charge is 0.457 e. The van der Waals surface area contributed by atoms with E-state index in [2.05, 4.69) is 5.32 Å². The second-order valence-electron chi connectivity index (χ2n) is 4.85. The Morgan fingerprint density at radius 1 is 1.24 bits per heavy atom. The molecule has 17 heavy (non-hydrogen) atoms. The molecule has 0 spiro atoms. The number of hydrogen-bond donors (Lipinski definition) is 1. The highest BCUT2D eigenvalue weighted by Crippen LogP contribution is 2.11. The molecule has 0 aliphatic heterocycles. The van der Waals surface area contributed by atoms with Crippen LogP contribution in [0.2, 0.25) is 0 Å². The highest BCUT2D eigenvalue weighted by Gasteiger charge is 2.14. The molecule has 0 saturated heterocycles. The molecule has 1 rings (SSSR count). The van der Waals surface area contributed by atoms with Crippen molar-refractivity contribution in [2.75, 3.05) is 5.32 Å². The van der Waals surface area contributed by atoms with Gasteiger partial charge in [-0.3, -0.25) is 0 Å². The SMILES string of the molecule is C/C(=C/C(=O)OC(C)(C)C)Nc1ccccc1. The number of carbonyl (C=O) groups excluding carboxylic acids is 1. The first kappa shape index (κ1) is 13.3. The van der Waals surface area contributed by atoms with Gasteiger partial charge in [0.25, 0.3) is 0 Å². The number of hydrogen-bond acceptors (Lipinski definition) is 3. The number of esters is 1.